The van der Waals surface area contributed by atoms with Crippen LogP contribution in [-0.2, 0) is 29.2 Å². The van der Waals surface area contributed by atoms with E-state index in [2.05, 4.69) is 4.74 Å². The Kier molecular flexibility index (Phi) is 8.33. The summed E-state index contributed by atoms with van der Waals surface area (Å²) in [5.41, 5.74) is -2.03. The fourth-order valence-electron chi connectivity index (χ4n) is 2.07. The second-order valence-electron chi connectivity index (χ2n) is 6.46. The summed E-state index contributed by atoms with van der Waals surface area (Å²) in [6, 6.07) is -1.24. The van der Waals surface area contributed by atoms with Crippen LogP contribution in [0.2, 0.25) is 0 Å². The molecule has 0 saturated heterocycles. The van der Waals surface area contributed by atoms with Gasteiger partial charge in [0.25, 0.3) is 15.5 Å². The first-order valence-electron chi connectivity index (χ1n) is 8.22. The molecular formula is C14H8F11NO8S2. The van der Waals surface area contributed by atoms with E-state index >= 15 is 0 Å². The van der Waals surface area contributed by atoms with Crippen LogP contribution in [-0.4, -0.2) is 69.8 Å². The van der Waals surface area contributed by atoms with Gasteiger partial charge in [0.1, 0.15) is 4.90 Å². The molecule has 0 bridgehead atoms. The van der Waals surface area contributed by atoms with Crippen molar-refractivity contribution in [2.45, 2.75) is 39.5 Å². The van der Waals surface area contributed by atoms with Gasteiger partial charge in [0.05, 0.1) is 9.82 Å². The molecule has 0 saturated carbocycles. The Morgan fingerprint density at radius 3 is 1.89 bits per heavy atom. The van der Waals surface area contributed by atoms with E-state index in [1.54, 1.807) is 0 Å². The van der Waals surface area contributed by atoms with Gasteiger partial charge in [-0.05, 0) is 12.1 Å². The number of esters is 1. The van der Waals surface area contributed by atoms with Crippen molar-refractivity contribution in [2.24, 2.45) is 0 Å². The highest BCUT2D eigenvalue weighted by molar-refractivity contribution is 7.93. The fraction of sp³-hybridized carbons (Fsp3) is 0.500. The second-order valence-corrected chi connectivity index (χ2v) is 10.4. The molecule has 1 rings (SSSR count). The molecule has 22 heteroatoms. The van der Waals surface area contributed by atoms with Crippen LogP contribution in [0.25, 0.3) is 0 Å². The first-order valence-corrected chi connectivity index (χ1v) is 11.4. The molecule has 0 amide bonds. The van der Waals surface area contributed by atoms with Crippen molar-refractivity contribution < 1.29 is 79.6 Å². The number of nitro benzene ring substituents is 1. The quantitative estimate of drug-likeness (QED) is 0.175. The molecule has 36 heavy (non-hydrogen) atoms. The predicted octanol–water partition coefficient (Wildman–Crippen LogP) is 3.38. The van der Waals surface area contributed by atoms with Gasteiger partial charge in [-0.3, -0.25) is 14.9 Å². The molecule has 1 aromatic rings. The van der Waals surface area contributed by atoms with Crippen LogP contribution in [0, 0.1) is 10.1 Å². The number of alkyl halides is 11. The van der Waals surface area contributed by atoms with Gasteiger partial charge in [0.15, 0.2) is 22.2 Å². The number of ether oxygens (including phenoxy) is 1. The number of carbonyl (C=O) groups excluding carboxylic acids is 1. The molecule has 0 atom stereocenters. The van der Waals surface area contributed by atoms with Crippen LogP contribution in [0.4, 0.5) is 54.0 Å². The van der Waals surface area contributed by atoms with E-state index < -0.39 is 94.2 Å². The highest BCUT2D eigenvalue weighted by Gasteiger charge is 2.78. The molecule has 0 radical (unpaired) electrons. The lowest BCUT2D eigenvalue weighted by atomic mass is 10.3. The largest absolute Gasteiger partial charge is 0.461 e. The Labute approximate surface area is 191 Å². The number of benzene rings is 1. The Balaban J connectivity index is 3.48. The summed E-state index contributed by atoms with van der Waals surface area (Å²) in [4.78, 5) is 16.7. The molecular weight excluding hydrogens is 583 g/mol. The molecule has 0 unspecified atom stereocenters. The van der Waals surface area contributed by atoms with Crippen LogP contribution < -0.4 is 0 Å². The lowest BCUT2D eigenvalue weighted by Gasteiger charge is -2.27. The van der Waals surface area contributed by atoms with Gasteiger partial charge in [-0.1, -0.05) is 0 Å². The summed E-state index contributed by atoms with van der Waals surface area (Å²) in [6.07, 6.45) is -11.5. The third-order valence-corrected chi connectivity index (χ3v) is 7.32. The summed E-state index contributed by atoms with van der Waals surface area (Å²) in [6.45, 7) is -2.35. The zero-order valence-corrected chi connectivity index (χ0v) is 18.0. The molecule has 0 spiro atoms. The maximum Gasteiger partial charge on any atom is 0.461 e. The first-order chi connectivity index (χ1) is 15.8. The Hall–Kier alpha value is -2.78. The van der Waals surface area contributed by atoms with Crippen LogP contribution >= 0.6 is 0 Å². The minimum absolute atomic E-state index is 0.247. The smallest absolute Gasteiger partial charge is 0.458 e. The van der Waals surface area contributed by atoms with E-state index in [1.165, 1.54) is 0 Å². The Bertz CT molecular complexity index is 1240. The minimum Gasteiger partial charge on any atom is -0.458 e. The van der Waals surface area contributed by atoms with Gasteiger partial charge in [0.2, 0.25) is 0 Å². The van der Waals surface area contributed by atoms with Crippen molar-refractivity contribution in [1.82, 2.24) is 0 Å². The molecule has 0 heterocycles. The maximum absolute atomic E-state index is 13.7. The first kappa shape index (κ1) is 31.3. The van der Waals surface area contributed by atoms with E-state index in [9.17, 15) is 80.0 Å². The van der Waals surface area contributed by atoms with Crippen molar-refractivity contribution in [3.8, 4) is 0 Å². The van der Waals surface area contributed by atoms with Crippen LogP contribution in [0.1, 0.15) is 0 Å². The number of nitro groups is 1. The normalized spacial score (nSPS) is 14.1. The number of sulfone groups is 2. The van der Waals surface area contributed by atoms with Crippen molar-refractivity contribution in [3.05, 3.63) is 28.3 Å². The monoisotopic (exact) mass is 591 g/mol. The topological polar surface area (TPSA) is 138 Å². The number of rotatable bonds is 10. The van der Waals surface area contributed by atoms with E-state index in [1.807, 2.05) is 0 Å². The Morgan fingerprint density at radius 1 is 0.972 bits per heavy atom. The lowest BCUT2D eigenvalue weighted by molar-refractivity contribution is -0.388. The number of halogens is 11. The minimum atomic E-state index is -7.22. The summed E-state index contributed by atoms with van der Waals surface area (Å²) >= 11 is 0. The van der Waals surface area contributed by atoms with Crippen LogP contribution in [0.3, 0.4) is 0 Å². The molecule has 206 valence electrons. The van der Waals surface area contributed by atoms with E-state index in [-0.39, 0.29) is 12.1 Å². The zero-order chi connectivity index (χ0) is 28.7. The summed E-state index contributed by atoms with van der Waals surface area (Å²) in [7, 11) is -12.5. The van der Waals surface area contributed by atoms with E-state index in [4.69, 9.17) is 0 Å². The molecule has 9 nitrogen and oxygen atoms in total. The SMILES string of the molecule is O=C(CS(=O)(=O)c1ccc(S(=O)(=O)C(F)(F)C(F)(F)C(F)(F)F)cc1[N+](=O)[O-])OCC(F)(F)C(F)F. The number of hydrogen-bond acceptors (Lipinski definition) is 8. The average Bonchev–Trinajstić information content (AvgIpc) is 2.70. The van der Waals surface area contributed by atoms with Gasteiger partial charge in [-0.25, -0.2) is 25.6 Å². The summed E-state index contributed by atoms with van der Waals surface area (Å²) < 4.78 is 192. The molecule has 0 aliphatic carbocycles. The van der Waals surface area contributed by atoms with Crippen LogP contribution in [0.15, 0.2) is 28.0 Å². The van der Waals surface area contributed by atoms with Gasteiger partial charge in [-0.15, -0.1) is 0 Å². The molecule has 1 aromatic carbocycles. The van der Waals surface area contributed by atoms with Crippen molar-refractivity contribution in [3.63, 3.8) is 0 Å². The number of carbonyl (C=O) groups is 1. The molecule has 0 aliphatic rings. The molecule has 0 aliphatic heterocycles. The van der Waals surface area contributed by atoms with Crippen molar-refractivity contribution in [2.75, 3.05) is 12.4 Å². The average molecular weight is 591 g/mol. The highest BCUT2D eigenvalue weighted by atomic mass is 32.2. The molecule has 0 fully saturated rings. The highest BCUT2D eigenvalue weighted by Crippen LogP contribution is 2.51. The lowest BCUT2D eigenvalue weighted by Crippen LogP contribution is -2.55. The zero-order valence-electron chi connectivity index (χ0n) is 16.4. The predicted molar refractivity (Wildman–Crippen MR) is 90.2 cm³/mol. The summed E-state index contributed by atoms with van der Waals surface area (Å²) in [5.74, 6) is -16.5. The van der Waals surface area contributed by atoms with E-state index in [0.29, 0.717) is 0 Å². The van der Waals surface area contributed by atoms with E-state index in [0.717, 1.165) is 0 Å². The maximum atomic E-state index is 13.7. The number of hydrogen-bond donors (Lipinski definition) is 0. The van der Waals surface area contributed by atoms with Crippen molar-refractivity contribution in [1.29, 1.82) is 0 Å². The third kappa shape index (κ3) is 5.78. The Morgan fingerprint density at radius 2 is 1.47 bits per heavy atom. The summed E-state index contributed by atoms with van der Waals surface area (Å²) in [5, 5.41) is 4.15. The van der Waals surface area contributed by atoms with Crippen molar-refractivity contribution >= 4 is 31.3 Å². The standard InChI is InChI=1S/C14H8F11NO8S2/c15-10(16)11(17,18)5-34-9(27)4-35(30,31)8-2-1-6(3-7(8)26(28)29)36(32,33)14(24,25)12(19,20)13(21,22)23/h1-3,10H,4-5H2. The third-order valence-electron chi connectivity index (χ3n) is 3.88. The molecule has 0 aromatic heterocycles. The van der Waals surface area contributed by atoms with Gasteiger partial charge in [-0.2, -0.15) is 39.5 Å². The fourth-order valence-corrected chi connectivity index (χ4v) is 4.61. The van der Waals surface area contributed by atoms with Gasteiger partial charge in [0, 0.05) is 6.07 Å². The second kappa shape index (κ2) is 9.59. The molecule has 0 N–H and O–H groups in total. The number of nitrogens with zero attached hydrogens (tertiary/aromatic N) is 1. The van der Waals surface area contributed by atoms with Gasteiger partial charge >= 0.3 is 35.7 Å². The van der Waals surface area contributed by atoms with Crippen LogP contribution in [0.5, 0.6) is 0 Å². The van der Waals surface area contributed by atoms with Gasteiger partial charge < -0.3 is 4.74 Å².